The number of hydrogen-bond acceptors (Lipinski definition) is 5. The minimum absolute atomic E-state index is 0.0520. The lowest BCUT2D eigenvalue weighted by Gasteiger charge is -2.24. The highest BCUT2D eigenvalue weighted by atomic mass is 32.2. The summed E-state index contributed by atoms with van der Waals surface area (Å²) in [6.45, 7) is -0.370. The number of carboxylic acid groups (broad SMARTS) is 1. The van der Waals surface area contributed by atoms with Gasteiger partial charge in [-0.1, -0.05) is 12.1 Å². The van der Waals surface area contributed by atoms with Gasteiger partial charge >= 0.3 is 5.97 Å². The Kier molecular flexibility index (Phi) is 7.83. The smallest absolute Gasteiger partial charge is 0.335 e. The summed E-state index contributed by atoms with van der Waals surface area (Å²) in [5, 5.41) is 8.68. The summed E-state index contributed by atoms with van der Waals surface area (Å²) in [6, 6.07) is 6.31. The van der Waals surface area contributed by atoms with E-state index in [0.29, 0.717) is 24.1 Å². The number of carbonyl (C=O) groups is 1. The second-order valence-electron chi connectivity index (χ2n) is 7.31. The van der Waals surface area contributed by atoms with Gasteiger partial charge in [0.25, 0.3) is 10.2 Å². The Balaban J connectivity index is 1.60. The van der Waals surface area contributed by atoms with Gasteiger partial charge in [-0.15, -0.1) is 0 Å². The molecule has 12 heteroatoms. The quantitative estimate of drug-likeness (QED) is 0.371. The Morgan fingerprint density at radius 3 is 2.47 bits per heavy atom. The number of aromatic carboxylic acids is 1. The van der Waals surface area contributed by atoms with E-state index in [1.54, 1.807) is 0 Å². The molecule has 32 heavy (non-hydrogen) atoms. The summed E-state index contributed by atoms with van der Waals surface area (Å²) < 4.78 is 74.7. The van der Waals surface area contributed by atoms with Crippen molar-refractivity contribution in [3.63, 3.8) is 0 Å². The van der Waals surface area contributed by atoms with Gasteiger partial charge in [-0.3, -0.25) is 0 Å². The van der Waals surface area contributed by atoms with Gasteiger partial charge in [0.05, 0.1) is 24.8 Å². The largest absolute Gasteiger partial charge is 0.478 e. The zero-order chi connectivity index (χ0) is 23.5. The molecule has 1 aliphatic rings. The maximum Gasteiger partial charge on any atom is 0.335 e. The number of nitrogens with one attached hydrogen (secondary N) is 1. The lowest BCUT2D eigenvalue weighted by molar-refractivity contribution is 0.0697. The summed E-state index contributed by atoms with van der Waals surface area (Å²) in [5.74, 6) is -4.55. The molecule has 2 N–H and O–H groups in total. The summed E-state index contributed by atoms with van der Waals surface area (Å²) in [6.07, 6.45) is 0.386. The van der Waals surface area contributed by atoms with Gasteiger partial charge in [0.1, 0.15) is 5.82 Å². The number of thiol groups is 1. The highest BCUT2D eigenvalue weighted by Crippen LogP contribution is 2.25. The van der Waals surface area contributed by atoms with Crippen LogP contribution >= 0.6 is 12.6 Å². The standard InChI is InChI=1S/C20H21F3N2O5S2/c21-17-7-19(23)18(22)5-14(17)10-30-11-15-6-16(31)9-25(15)32(28,29)24-8-12-1-3-13(4-2-12)20(26)27/h1-5,7,15-16,24,31H,6,8-11H2,(H,26,27). The fourth-order valence-electron chi connectivity index (χ4n) is 3.31. The van der Waals surface area contributed by atoms with Crippen LogP contribution in [-0.4, -0.2) is 48.2 Å². The van der Waals surface area contributed by atoms with Crippen LogP contribution in [0.15, 0.2) is 36.4 Å². The van der Waals surface area contributed by atoms with Crippen LogP contribution in [0.5, 0.6) is 0 Å². The monoisotopic (exact) mass is 490 g/mol. The third-order valence-electron chi connectivity index (χ3n) is 4.97. The molecule has 2 atom stereocenters. The van der Waals surface area contributed by atoms with Gasteiger partial charge in [-0.2, -0.15) is 30.1 Å². The van der Waals surface area contributed by atoms with E-state index in [2.05, 4.69) is 17.4 Å². The minimum atomic E-state index is -3.93. The van der Waals surface area contributed by atoms with Crippen LogP contribution in [0.4, 0.5) is 13.2 Å². The predicted octanol–water partition coefficient (Wildman–Crippen LogP) is 2.73. The molecule has 2 unspecified atom stereocenters. The highest BCUT2D eigenvalue weighted by Gasteiger charge is 2.38. The van der Waals surface area contributed by atoms with Gasteiger partial charge in [0.15, 0.2) is 11.6 Å². The van der Waals surface area contributed by atoms with Crippen LogP contribution in [0.3, 0.4) is 0 Å². The number of nitrogens with zero attached hydrogens (tertiary/aromatic N) is 1. The molecule has 0 aliphatic carbocycles. The fourth-order valence-corrected chi connectivity index (χ4v) is 5.27. The normalized spacial score (nSPS) is 19.4. The summed E-state index contributed by atoms with van der Waals surface area (Å²) >= 11 is 4.35. The molecule has 1 aliphatic heterocycles. The third kappa shape index (κ3) is 6.01. The Morgan fingerprint density at radius 1 is 1.16 bits per heavy atom. The van der Waals surface area contributed by atoms with Crippen molar-refractivity contribution >= 4 is 28.8 Å². The van der Waals surface area contributed by atoms with Gasteiger partial charge in [-0.05, 0) is 30.2 Å². The van der Waals surface area contributed by atoms with Crippen molar-refractivity contribution in [2.45, 2.75) is 30.9 Å². The van der Waals surface area contributed by atoms with E-state index in [1.165, 1.54) is 28.6 Å². The average molecular weight is 491 g/mol. The van der Waals surface area contributed by atoms with E-state index < -0.39 is 39.7 Å². The molecule has 1 fully saturated rings. The minimum Gasteiger partial charge on any atom is -0.478 e. The Hall–Kier alpha value is -2.12. The molecule has 0 saturated carbocycles. The summed E-state index contributed by atoms with van der Waals surface area (Å²) in [4.78, 5) is 10.9. The number of carboxylic acids is 1. The Bertz CT molecular complexity index is 1080. The van der Waals surface area contributed by atoms with Crippen molar-refractivity contribution in [3.8, 4) is 0 Å². The van der Waals surface area contributed by atoms with E-state index in [4.69, 9.17) is 9.84 Å². The molecule has 2 aromatic rings. The first-order valence-corrected chi connectivity index (χ1v) is 11.5. The molecule has 1 saturated heterocycles. The molecule has 0 aromatic heterocycles. The first-order valence-electron chi connectivity index (χ1n) is 9.54. The number of benzene rings is 2. The van der Waals surface area contributed by atoms with Gasteiger partial charge in [0.2, 0.25) is 0 Å². The van der Waals surface area contributed by atoms with Gasteiger partial charge in [-0.25, -0.2) is 18.0 Å². The number of halogens is 3. The third-order valence-corrected chi connectivity index (χ3v) is 6.92. The number of ether oxygens (including phenoxy) is 1. The van der Waals surface area contributed by atoms with Crippen molar-refractivity contribution in [2.24, 2.45) is 0 Å². The number of rotatable bonds is 9. The predicted molar refractivity (Wildman–Crippen MR) is 113 cm³/mol. The Labute approximate surface area is 188 Å². The molecular formula is C20H21F3N2O5S2. The van der Waals surface area contributed by atoms with Crippen molar-refractivity contribution in [1.82, 2.24) is 9.03 Å². The van der Waals surface area contributed by atoms with Crippen LogP contribution in [0.25, 0.3) is 0 Å². The van der Waals surface area contributed by atoms with Crippen molar-refractivity contribution < 1.29 is 36.2 Å². The van der Waals surface area contributed by atoms with E-state index in [9.17, 15) is 26.4 Å². The zero-order valence-electron chi connectivity index (χ0n) is 16.7. The maximum atomic E-state index is 13.7. The SMILES string of the molecule is O=C(O)c1ccc(CNS(=O)(=O)N2CC(S)CC2COCc2cc(F)c(F)cc2F)cc1. The average Bonchev–Trinajstić information content (AvgIpc) is 3.12. The van der Waals surface area contributed by atoms with Crippen molar-refractivity contribution in [3.05, 3.63) is 70.5 Å². The highest BCUT2D eigenvalue weighted by molar-refractivity contribution is 7.87. The topological polar surface area (TPSA) is 95.9 Å². The lowest BCUT2D eigenvalue weighted by Crippen LogP contribution is -2.45. The van der Waals surface area contributed by atoms with Gasteiger partial charge < -0.3 is 9.84 Å². The molecule has 7 nitrogen and oxygen atoms in total. The molecule has 3 rings (SSSR count). The molecule has 2 aromatic carbocycles. The second kappa shape index (κ2) is 10.2. The first kappa shape index (κ1) is 24.5. The summed E-state index contributed by atoms with van der Waals surface area (Å²) in [5.41, 5.74) is 0.479. The molecular weight excluding hydrogens is 469 g/mol. The zero-order valence-corrected chi connectivity index (χ0v) is 18.4. The second-order valence-corrected chi connectivity index (χ2v) is 9.75. The van der Waals surface area contributed by atoms with Crippen LogP contribution in [0, 0.1) is 17.5 Å². The van der Waals surface area contributed by atoms with Crippen LogP contribution in [0.1, 0.15) is 27.9 Å². The molecule has 0 radical (unpaired) electrons. The van der Waals surface area contributed by atoms with E-state index in [-0.39, 0.29) is 42.7 Å². The Morgan fingerprint density at radius 2 is 1.81 bits per heavy atom. The summed E-state index contributed by atoms with van der Waals surface area (Å²) in [7, 11) is -3.93. The van der Waals surface area contributed by atoms with Crippen LogP contribution < -0.4 is 4.72 Å². The molecule has 0 amide bonds. The molecule has 0 bridgehead atoms. The lowest BCUT2D eigenvalue weighted by atomic mass is 10.1. The van der Waals surface area contributed by atoms with E-state index in [1.807, 2.05) is 0 Å². The van der Waals surface area contributed by atoms with Crippen LogP contribution in [-0.2, 0) is 28.1 Å². The molecule has 174 valence electrons. The van der Waals surface area contributed by atoms with Crippen molar-refractivity contribution in [2.75, 3.05) is 13.2 Å². The molecule has 0 spiro atoms. The molecule has 1 heterocycles. The first-order chi connectivity index (χ1) is 15.1. The van der Waals surface area contributed by atoms with E-state index in [0.717, 1.165) is 0 Å². The van der Waals surface area contributed by atoms with Crippen LogP contribution in [0.2, 0.25) is 0 Å². The maximum absolute atomic E-state index is 13.7. The fraction of sp³-hybridized carbons (Fsp3) is 0.350. The van der Waals surface area contributed by atoms with E-state index >= 15 is 0 Å². The number of hydrogen-bond donors (Lipinski definition) is 3. The van der Waals surface area contributed by atoms with Gasteiger partial charge in [0, 0.05) is 30.0 Å². The van der Waals surface area contributed by atoms with Crippen molar-refractivity contribution in [1.29, 1.82) is 0 Å².